The van der Waals surface area contributed by atoms with E-state index in [1.54, 1.807) is 11.3 Å². The SMILES string of the molecule is CC(C)C(c1cccs1)n1c(CCl)nc2cccnc21. The van der Waals surface area contributed by atoms with E-state index in [2.05, 4.69) is 45.9 Å². The van der Waals surface area contributed by atoms with E-state index in [1.807, 2.05) is 18.3 Å². The van der Waals surface area contributed by atoms with Crippen molar-refractivity contribution in [1.29, 1.82) is 0 Å². The molecule has 0 fully saturated rings. The maximum absolute atomic E-state index is 6.11. The third-order valence-electron chi connectivity index (χ3n) is 3.39. The first-order chi connectivity index (χ1) is 9.72. The van der Waals surface area contributed by atoms with Crippen molar-refractivity contribution < 1.29 is 0 Å². The molecule has 0 saturated heterocycles. The Labute approximate surface area is 127 Å². The maximum Gasteiger partial charge on any atom is 0.160 e. The molecule has 0 spiro atoms. The van der Waals surface area contributed by atoms with Gasteiger partial charge in [-0.15, -0.1) is 22.9 Å². The Morgan fingerprint density at radius 2 is 2.15 bits per heavy atom. The van der Waals surface area contributed by atoms with Crippen LogP contribution in [-0.4, -0.2) is 14.5 Å². The van der Waals surface area contributed by atoms with E-state index >= 15 is 0 Å². The van der Waals surface area contributed by atoms with E-state index in [-0.39, 0.29) is 6.04 Å². The van der Waals surface area contributed by atoms with E-state index in [0.29, 0.717) is 11.8 Å². The normalized spacial score (nSPS) is 13.2. The number of pyridine rings is 1. The second-order valence-corrected chi connectivity index (χ2v) is 6.33. The molecule has 3 rings (SSSR count). The minimum Gasteiger partial charge on any atom is -0.303 e. The maximum atomic E-state index is 6.11. The summed E-state index contributed by atoms with van der Waals surface area (Å²) < 4.78 is 2.19. The molecular weight excluding hydrogens is 290 g/mol. The lowest BCUT2D eigenvalue weighted by atomic mass is 10.0. The highest BCUT2D eigenvalue weighted by Gasteiger charge is 2.24. The number of fused-ring (bicyclic) bond motifs is 1. The lowest BCUT2D eigenvalue weighted by Gasteiger charge is -2.23. The molecule has 3 nitrogen and oxygen atoms in total. The van der Waals surface area contributed by atoms with Crippen molar-refractivity contribution in [2.45, 2.75) is 25.8 Å². The second kappa shape index (κ2) is 5.54. The van der Waals surface area contributed by atoms with E-state index < -0.39 is 0 Å². The van der Waals surface area contributed by atoms with Crippen LogP contribution in [0, 0.1) is 5.92 Å². The van der Waals surface area contributed by atoms with Gasteiger partial charge in [-0.25, -0.2) is 9.97 Å². The molecule has 1 unspecified atom stereocenters. The third-order valence-corrected chi connectivity index (χ3v) is 4.57. The molecule has 0 N–H and O–H groups in total. The fourth-order valence-electron chi connectivity index (χ4n) is 2.58. The van der Waals surface area contributed by atoms with E-state index in [4.69, 9.17) is 11.6 Å². The monoisotopic (exact) mass is 305 g/mol. The Morgan fingerprint density at radius 1 is 1.30 bits per heavy atom. The summed E-state index contributed by atoms with van der Waals surface area (Å²) in [4.78, 5) is 10.4. The Kier molecular flexibility index (Phi) is 3.76. The second-order valence-electron chi connectivity index (χ2n) is 5.08. The van der Waals surface area contributed by atoms with Crippen molar-refractivity contribution in [2.24, 2.45) is 5.92 Å². The van der Waals surface area contributed by atoms with Crippen LogP contribution in [0.3, 0.4) is 0 Å². The van der Waals surface area contributed by atoms with Gasteiger partial charge in [0.05, 0.1) is 11.9 Å². The van der Waals surface area contributed by atoms with E-state index in [9.17, 15) is 0 Å². The molecule has 5 heteroatoms. The summed E-state index contributed by atoms with van der Waals surface area (Å²) in [6, 6.07) is 8.38. The highest BCUT2D eigenvalue weighted by molar-refractivity contribution is 7.10. The number of imidazole rings is 1. The van der Waals surface area contributed by atoms with Gasteiger partial charge in [0.25, 0.3) is 0 Å². The van der Waals surface area contributed by atoms with Crippen molar-refractivity contribution >= 4 is 34.1 Å². The lowest BCUT2D eigenvalue weighted by Crippen LogP contribution is -2.18. The number of hydrogen-bond donors (Lipinski definition) is 0. The number of nitrogens with zero attached hydrogens (tertiary/aromatic N) is 3. The molecule has 3 aromatic heterocycles. The van der Waals surface area contributed by atoms with Crippen molar-refractivity contribution in [2.75, 3.05) is 0 Å². The summed E-state index contributed by atoms with van der Waals surface area (Å²) in [7, 11) is 0. The van der Waals surface area contributed by atoms with Crippen LogP contribution in [0.15, 0.2) is 35.8 Å². The molecule has 3 aromatic rings. The van der Waals surface area contributed by atoms with Gasteiger partial charge in [0.2, 0.25) is 0 Å². The van der Waals surface area contributed by atoms with Crippen molar-refractivity contribution in [3.63, 3.8) is 0 Å². The lowest BCUT2D eigenvalue weighted by molar-refractivity contribution is 0.442. The topological polar surface area (TPSA) is 30.7 Å². The quantitative estimate of drug-likeness (QED) is 0.665. The van der Waals surface area contributed by atoms with Crippen LogP contribution >= 0.6 is 22.9 Å². The van der Waals surface area contributed by atoms with Gasteiger partial charge >= 0.3 is 0 Å². The average Bonchev–Trinajstić information content (AvgIpc) is 3.07. The van der Waals surface area contributed by atoms with Crippen LogP contribution in [0.25, 0.3) is 11.2 Å². The molecule has 0 bridgehead atoms. The number of halogens is 1. The van der Waals surface area contributed by atoms with Gasteiger partial charge in [0.15, 0.2) is 5.65 Å². The molecular formula is C15H16ClN3S. The molecule has 0 aromatic carbocycles. The fraction of sp³-hybridized carbons (Fsp3) is 0.333. The number of hydrogen-bond acceptors (Lipinski definition) is 3. The molecule has 0 amide bonds. The first-order valence-electron chi connectivity index (χ1n) is 6.63. The van der Waals surface area contributed by atoms with Gasteiger partial charge in [-0.2, -0.15) is 0 Å². The summed E-state index contributed by atoms with van der Waals surface area (Å²) in [6.45, 7) is 4.44. The summed E-state index contributed by atoms with van der Waals surface area (Å²) >= 11 is 7.87. The molecule has 104 valence electrons. The van der Waals surface area contributed by atoms with Gasteiger partial charge in [0, 0.05) is 11.1 Å². The van der Waals surface area contributed by atoms with E-state index in [0.717, 1.165) is 17.0 Å². The Hall–Kier alpha value is -1.39. The van der Waals surface area contributed by atoms with Crippen LogP contribution in [-0.2, 0) is 5.88 Å². The standard InChI is InChI=1S/C15H16ClN3S/c1-10(2)14(12-6-4-8-20-12)19-13(9-16)18-11-5-3-7-17-15(11)19/h3-8,10,14H,9H2,1-2H3. The molecule has 1 atom stereocenters. The molecule has 0 saturated carbocycles. The zero-order valence-corrected chi connectivity index (χ0v) is 13.0. The number of thiophene rings is 1. The Balaban J connectivity index is 2.25. The predicted molar refractivity (Wildman–Crippen MR) is 84.4 cm³/mol. The summed E-state index contributed by atoms with van der Waals surface area (Å²) in [5.41, 5.74) is 1.82. The Morgan fingerprint density at radius 3 is 2.80 bits per heavy atom. The summed E-state index contributed by atoms with van der Waals surface area (Å²) in [6.07, 6.45) is 1.81. The van der Waals surface area contributed by atoms with Crippen LogP contribution in [0.2, 0.25) is 0 Å². The van der Waals surface area contributed by atoms with E-state index in [1.165, 1.54) is 4.88 Å². The van der Waals surface area contributed by atoms with Crippen LogP contribution in [0.5, 0.6) is 0 Å². The first kappa shape index (κ1) is 13.6. The Bertz CT molecular complexity index is 703. The smallest absolute Gasteiger partial charge is 0.160 e. The summed E-state index contributed by atoms with van der Waals surface area (Å²) in [5.74, 6) is 1.72. The molecule has 20 heavy (non-hydrogen) atoms. The number of alkyl halides is 1. The molecule has 0 aliphatic heterocycles. The third kappa shape index (κ3) is 2.23. The molecule has 0 aliphatic carbocycles. The zero-order valence-electron chi connectivity index (χ0n) is 11.5. The zero-order chi connectivity index (χ0) is 14.1. The van der Waals surface area contributed by atoms with Crippen LogP contribution in [0.1, 0.15) is 30.6 Å². The van der Waals surface area contributed by atoms with Crippen molar-refractivity contribution in [3.8, 4) is 0 Å². The van der Waals surface area contributed by atoms with Gasteiger partial charge < -0.3 is 4.57 Å². The fourth-order valence-corrected chi connectivity index (χ4v) is 3.75. The van der Waals surface area contributed by atoms with Gasteiger partial charge in [-0.05, 0) is 29.5 Å². The molecule has 0 aliphatic rings. The minimum atomic E-state index is 0.226. The van der Waals surface area contributed by atoms with Gasteiger partial charge in [0.1, 0.15) is 11.3 Å². The van der Waals surface area contributed by atoms with Gasteiger partial charge in [-0.3, -0.25) is 0 Å². The molecule has 3 heterocycles. The summed E-state index contributed by atoms with van der Waals surface area (Å²) in [5, 5.41) is 2.11. The highest BCUT2D eigenvalue weighted by atomic mass is 35.5. The van der Waals surface area contributed by atoms with Crippen molar-refractivity contribution in [1.82, 2.24) is 14.5 Å². The first-order valence-corrected chi connectivity index (χ1v) is 8.05. The van der Waals surface area contributed by atoms with Crippen molar-refractivity contribution in [3.05, 3.63) is 46.5 Å². The average molecular weight is 306 g/mol. The number of aromatic nitrogens is 3. The minimum absolute atomic E-state index is 0.226. The highest BCUT2D eigenvalue weighted by Crippen LogP contribution is 2.33. The number of rotatable bonds is 4. The van der Waals surface area contributed by atoms with Gasteiger partial charge in [-0.1, -0.05) is 19.9 Å². The largest absolute Gasteiger partial charge is 0.303 e. The molecule has 0 radical (unpaired) electrons. The predicted octanol–water partition coefficient (Wildman–Crippen LogP) is 4.48. The van der Waals surface area contributed by atoms with Crippen LogP contribution in [0.4, 0.5) is 0 Å². The van der Waals surface area contributed by atoms with Crippen LogP contribution < -0.4 is 0 Å².